The largest absolute Gasteiger partial charge is 0.457 e. The van der Waals surface area contributed by atoms with Crippen LogP contribution in [0.15, 0.2) is 50.7 Å². The lowest BCUT2D eigenvalue weighted by molar-refractivity contribution is -0.384. The van der Waals surface area contributed by atoms with Gasteiger partial charge in [-0.15, -0.1) is 0 Å². The standard InChI is InChI=1S/C16H13N3O4S/c1-17-16-18(2)15(20)14(24-16)9-12-6-7-13(23-12)10-4-3-5-11(8-10)19(21)22/h3-9H,1-2H3/b14-9-,17-16?. The van der Waals surface area contributed by atoms with Crippen LogP contribution >= 0.6 is 11.8 Å². The zero-order valence-corrected chi connectivity index (χ0v) is 13.7. The molecule has 0 aliphatic carbocycles. The first-order valence-corrected chi connectivity index (χ1v) is 7.80. The molecule has 3 rings (SSSR count). The van der Waals surface area contributed by atoms with E-state index in [1.165, 1.54) is 28.8 Å². The van der Waals surface area contributed by atoms with E-state index in [-0.39, 0.29) is 11.6 Å². The minimum absolute atomic E-state index is 0.00393. The van der Waals surface area contributed by atoms with E-state index in [1.54, 1.807) is 44.4 Å². The van der Waals surface area contributed by atoms with E-state index in [4.69, 9.17) is 4.42 Å². The highest BCUT2D eigenvalue weighted by Gasteiger charge is 2.30. The van der Waals surface area contributed by atoms with Gasteiger partial charge in [-0.2, -0.15) is 0 Å². The van der Waals surface area contributed by atoms with Crippen LogP contribution in [-0.2, 0) is 4.79 Å². The third-order valence-corrected chi connectivity index (χ3v) is 4.59. The molecule has 2 aromatic rings. The lowest BCUT2D eigenvalue weighted by Gasteiger charge is -2.04. The number of furan rings is 1. The quantitative estimate of drug-likeness (QED) is 0.484. The van der Waals surface area contributed by atoms with Crippen molar-refractivity contribution in [3.63, 3.8) is 0 Å². The molecule has 1 aliphatic rings. The highest BCUT2D eigenvalue weighted by atomic mass is 32.2. The fourth-order valence-electron chi connectivity index (χ4n) is 2.24. The molecule has 0 unspecified atom stereocenters. The molecule has 0 spiro atoms. The lowest BCUT2D eigenvalue weighted by atomic mass is 10.1. The molecule has 1 aromatic heterocycles. The second kappa shape index (κ2) is 6.32. The van der Waals surface area contributed by atoms with E-state index >= 15 is 0 Å². The molecule has 122 valence electrons. The Morgan fingerprint density at radius 3 is 2.79 bits per heavy atom. The van der Waals surface area contributed by atoms with Crippen LogP contribution in [0.2, 0.25) is 0 Å². The van der Waals surface area contributed by atoms with Crippen molar-refractivity contribution in [1.82, 2.24) is 4.90 Å². The van der Waals surface area contributed by atoms with Crippen LogP contribution in [0.4, 0.5) is 5.69 Å². The van der Waals surface area contributed by atoms with Gasteiger partial charge < -0.3 is 4.42 Å². The van der Waals surface area contributed by atoms with Crippen molar-refractivity contribution < 1.29 is 14.1 Å². The van der Waals surface area contributed by atoms with Gasteiger partial charge in [-0.25, -0.2) is 0 Å². The highest BCUT2D eigenvalue weighted by molar-refractivity contribution is 8.18. The molecule has 2 heterocycles. The van der Waals surface area contributed by atoms with E-state index < -0.39 is 4.92 Å². The fourth-order valence-corrected chi connectivity index (χ4v) is 3.14. The lowest BCUT2D eigenvalue weighted by Crippen LogP contribution is -2.23. The van der Waals surface area contributed by atoms with Gasteiger partial charge in [0.2, 0.25) is 0 Å². The Hall–Kier alpha value is -2.87. The number of carbonyl (C=O) groups excluding carboxylic acids is 1. The smallest absolute Gasteiger partial charge is 0.270 e. The molecule has 0 saturated carbocycles. The topological polar surface area (TPSA) is 89.0 Å². The van der Waals surface area contributed by atoms with Crippen molar-refractivity contribution in [3.8, 4) is 11.3 Å². The van der Waals surface area contributed by atoms with E-state index in [9.17, 15) is 14.9 Å². The summed E-state index contributed by atoms with van der Waals surface area (Å²) in [6.45, 7) is 0. The number of amidine groups is 1. The second-order valence-corrected chi connectivity index (χ2v) is 6.00. The maximum atomic E-state index is 12.1. The van der Waals surface area contributed by atoms with Gasteiger partial charge >= 0.3 is 0 Å². The van der Waals surface area contributed by atoms with Gasteiger partial charge in [-0.3, -0.25) is 24.8 Å². The van der Waals surface area contributed by atoms with Crippen LogP contribution in [0.25, 0.3) is 17.4 Å². The van der Waals surface area contributed by atoms with Gasteiger partial charge in [0.05, 0.1) is 9.83 Å². The molecule has 0 radical (unpaired) electrons. The van der Waals surface area contributed by atoms with Crippen LogP contribution in [0, 0.1) is 10.1 Å². The van der Waals surface area contributed by atoms with Gasteiger partial charge in [0.15, 0.2) is 5.17 Å². The number of nitro groups is 1. The Labute approximate surface area is 141 Å². The van der Waals surface area contributed by atoms with E-state index in [1.807, 2.05) is 0 Å². The predicted molar refractivity (Wildman–Crippen MR) is 92.5 cm³/mol. The van der Waals surface area contributed by atoms with Crippen LogP contribution in [0.1, 0.15) is 5.76 Å². The first-order valence-electron chi connectivity index (χ1n) is 6.98. The number of nitro benzene ring substituents is 1. The number of hydrogen-bond acceptors (Lipinski definition) is 6. The molecule has 1 fully saturated rings. The van der Waals surface area contributed by atoms with Crippen molar-refractivity contribution in [2.75, 3.05) is 14.1 Å². The van der Waals surface area contributed by atoms with Gasteiger partial charge in [-0.1, -0.05) is 12.1 Å². The van der Waals surface area contributed by atoms with Crippen molar-refractivity contribution in [1.29, 1.82) is 0 Å². The number of likely N-dealkylation sites (N-methyl/N-ethyl adjacent to an activating group) is 1. The summed E-state index contributed by atoms with van der Waals surface area (Å²) in [6, 6.07) is 9.63. The Morgan fingerprint density at radius 2 is 2.12 bits per heavy atom. The maximum absolute atomic E-state index is 12.1. The average molecular weight is 343 g/mol. The zero-order valence-electron chi connectivity index (χ0n) is 12.9. The minimum atomic E-state index is -0.454. The van der Waals surface area contributed by atoms with Gasteiger partial charge in [0.1, 0.15) is 11.5 Å². The zero-order chi connectivity index (χ0) is 17.3. The summed E-state index contributed by atoms with van der Waals surface area (Å²) >= 11 is 1.27. The summed E-state index contributed by atoms with van der Waals surface area (Å²) in [6.07, 6.45) is 1.64. The molecule has 0 N–H and O–H groups in total. The van der Waals surface area contributed by atoms with Gasteiger partial charge in [0.25, 0.3) is 11.6 Å². The maximum Gasteiger partial charge on any atom is 0.270 e. The third kappa shape index (κ3) is 2.95. The molecular weight excluding hydrogens is 330 g/mol. The van der Waals surface area contributed by atoms with Crippen molar-refractivity contribution in [2.24, 2.45) is 4.99 Å². The number of nitrogens with zero attached hydrogens (tertiary/aromatic N) is 3. The summed E-state index contributed by atoms with van der Waals surface area (Å²) in [5, 5.41) is 11.5. The molecule has 8 heteroatoms. The van der Waals surface area contributed by atoms with Gasteiger partial charge in [-0.05, 0) is 23.9 Å². The van der Waals surface area contributed by atoms with Crippen molar-refractivity contribution in [3.05, 3.63) is 57.2 Å². The number of amides is 1. The number of thioether (sulfide) groups is 1. The van der Waals surface area contributed by atoms with Gasteiger partial charge in [0, 0.05) is 37.9 Å². The summed E-state index contributed by atoms with van der Waals surface area (Å²) in [5.41, 5.74) is 0.600. The Kier molecular flexibility index (Phi) is 4.22. The number of hydrogen-bond donors (Lipinski definition) is 0. The first kappa shape index (κ1) is 16.0. The number of non-ortho nitro benzene ring substituents is 1. The molecule has 1 aromatic carbocycles. The molecule has 7 nitrogen and oxygen atoms in total. The Bertz CT molecular complexity index is 885. The first-order chi connectivity index (χ1) is 11.5. The molecule has 0 bridgehead atoms. The summed E-state index contributed by atoms with van der Waals surface area (Å²) in [7, 11) is 3.29. The molecule has 1 saturated heterocycles. The van der Waals surface area contributed by atoms with Crippen molar-refractivity contribution >= 4 is 34.6 Å². The van der Waals surface area contributed by atoms with E-state index in [0.29, 0.717) is 27.2 Å². The minimum Gasteiger partial charge on any atom is -0.457 e. The summed E-state index contributed by atoms with van der Waals surface area (Å²) in [4.78, 5) is 28.5. The number of aliphatic imine (C=N–C) groups is 1. The molecule has 1 amide bonds. The Balaban J connectivity index is 1.89. The Morgan fingerprint density at radius 1 is 1.33 bits per heavy atom. The summed E-state index contributed by atoms with van der Waals surface area (Å²) < 4.78 is 5.70. The summed E-state index contributed by atoms with van der Waals surface area (Å²) in [5.74, 6) is 0.853. The molecule has 1 aliphatic heterocycles. The monoisotopic (exact) mass is 343 g/mol. The van der Waals surface area contributed by atoms with Crippen LogP contribution < -0.4 is 0 Å². The average Bonchev–Trinajstić information content (AvgIpc) is 3.15. The van der Waals surface area contributed by atoms with E-state index in [2.05, 4.69) is 4.99 Å². The normalized spacial score (nSPS) is 17.9. The number of benzene rings is 1. The predicted octanol–water partition coefficient (Wildman–Crippen LogP) is 3.39. The van der Waals surface area contributed by atoms with Crippen LogP contribution in [0.3, 0.4) is 0 Å². The van der Waals surface area contributed by atoms with Crippen LogP contribution in [0.5, 0.6) is 0 Å². The highest BCUT2D eigenvalue weighted by Crippen LogP contribution is 2.32. The molecule has 24 heavy (non-hydrogen) atoms. The third-order valence-electron chi connectivity index (χ3n) is 3.44. The molecule has 0 atom stereocenters. The van der Waals surface area contributed by atoms with Crippen LogP contribution in [-0.4, -0.2) is 35.0 Å². The second-order valence-electron chi connectivity index (χ2n) is 4.99. The fraction of sp³-hybridized carbons (Fsp3) is 0.125. The SMILES string of the molecule is CN=C1S/C(=C\c2ccc(-c3cccc([N+](=O)[O-])c3)o2)C(=O)N1C. The molecular formula is C16H13N3O4S. The number of rotatable bonds is 3. The number of carbonyl (C=O) groups is 1. The van der Waals surface area contributed by atoms with E-state index in [0.717, 1.165) is 0 Å². The van der Waals surface area contributed by atoms with Crippen molar-refractivity contribution in [2.45, 2.75) is 0 Å².